The topological polar surface area (TPSA) is 81.4 Å². The lowest BCUT2D eigenvalue weighted by Gasteiger charge is -2.43. The molecular weight excluding hydrogens is 466 g/mol. The van der Waals surface area contributed by atoms with E-state index in [1.54, 1.807) is 42.5 Å². The Hall–Kier alpha value is -1.92. The summed E-state index contributed by atoms with van der Waals surface area (Å²) in [6, 6.07) is 13.3. The fourth-order valence-corrected chi connectivity index (χ4v) is 5.96. The van der Waals surface area contributed by atoms with E-state index in [0.717, 1.165) is 29.5 Å². The summed E-state index contributed by atoms with van der Waals surface area (Å²) in [6.07, 6.45) is -1.25. The molecule has 0 aliphatic carbocycles. The van der Waals surface area contributed by atoms with Crippen molar-refractivity contribution in [2.75, 3.05) is 23.9 Å². The SMILES string of the molecule is CC[N+](CC)(CC)C1c2cc(C#N)ccc2N(S(=O)(=O)c2ccc(C)cc2)C1O.[Br-]. The van der Waals surface area contributed by atoms with Crippen LogP contribution in [0.3, 0.4) is 0 Å². The molecule has 1 heterocycles. The second-order valence-electron chi connectivity index (χ2n) is 7.52. The van der Waals surface area contributed by atoms with E-state index in [1.165, 1.54) is 0 Å². The summed E-state index contributed by atoms with van der Waals surface area (Å²) in [6.45, 7) is 10.3. The molecule has 0 fully saturated rings. The van der Waals surface area contributed by atoms with Crippen LogP contribution in [0, 0.1) is 18.3 Å². The van der Waals surface area contributed by atoms with E-state index in [1.807, 2.05) is 27.7 Å². The van der Waals surface area contributed by atoms with Crippen LogP contribution in [0.4, 0.5) is 5.69 Å². The number of fused-ring (bicyclic) bond motifs is 1. The third-order valence-corrected chi connectivity index (χ3v) is 8.09. The van der Waals surface area contributed by atoms with E-state index in [-0.39, 0.29) is 21.9 Å². The van der Waals surface area contributed by atoms with E-state index < -0.39 is 22.3 Å². The van der Waals surface area contributed by atoms with Gasteiger partial charge in [0.15, 0.2) is 12.3 Å². The highest BCUT2D eigenvalue weighted by Crippen LogP contribution is 2.47. The van der Waals surface area contributed by atoms with Gasteiger partial charge in [-0.2, -0.15) is 5.26 Å². The van der Waals surface area contributed by atoms with Crippen molar-refractivity contribution in [3.8, 4) is 6.07 Å². The van der Waals surface area contributed by atoms with Gasteiger partial charge >= 0.3 is 0 Å². The van der Waals surface area contributed by atoms with Gasteiger partial charge in [0.25, 0.3) is 10.0 Å². The summed E-state index contributed by atoms with van der Waals surface area (Å²) in [4.78, 5) is 0.140. The normalized spacial score (nSPS) is 18.5. The van der Waals surface area contributed by atoms with Gasteiger partial charge in [0.05, 0.1) is 41.8 Å². The van der Waals surface area contributed by atoms with E-state index in [0.29, 0.717) is 21.3 Å². The van der Waals surface area contributed by atoms with Crippen LogP contribution in [-0.2, 0) is 10.0 Å². The Balaban J connectivity index is 0.00000320. The van der Waals surface area contributed by atoms with Gasteiger partial charge in [-0.05, 0) is 58.0 Å². The second-order valence-corrected chi connectivity index (χ2v) is 9.34. The minimum Gasteiger partial charge on any atom is -1.00 e. The van der Waals surface area contributed by atoms with Crippen molar-refractivity contribution in [1.82, 2.24) is 0 Å². The number of anilines is 1. The first-order chi connectivity index (χ1) is 13.8. The average molecular weight is 494 g/mol. The van der Waals surface area contributed by atoms with Crippen LogP contribution in [0.5, 0.6) is 0 Å². The van der Waals surface area contributed by atoms with Gasteiger partial charge in [-0.1, -0.05) is 17.7 Å². The standard InChI is InChI=1S/C22H28N3O3S.BrH/c1-5-25(6-2,7-3)21-19-14-17(15-23)10-13-20(19)24(22(21)26)29(27,28)18-11-8-16(4)9-12-18;/h8-14,21-22,26H,5-7H2,1-4H3;1H/q+1;/p-1. The smallest absolute Gasteiger partial charge is 0.266 e. The summed E-state index contributed by atoms with van der Waals surface area (Å²) in [5.41, 5.74) is 2.57. The Morgan fingerprint density at radius 1 is 1.07 bits per heavy atom. The number of sulfonamides is 1. The summed E-state index contributed by atoms with van der Waals surface area (Å²) < 4.78 is 28.7. The molecule has 0 saturated carbocycles. The Morgan fingerprint density at radius 3 is 2.13 bits per heavy atom. The van der Waals surface area contributed by atoms with Gasteiger partial charge in [0, 0.05) is 5.56 Å². The van der Waals surface area contributed by atoms with Crippen LogP contribution < -0.4 is 21.3 Å². The lowest BCUT2D eigenvalue weighted by Crippen LogP contribution is -3.00. The van der Waals surface area contributed by atoms with Crippen LogP contribution in [0.15, 0.2) is 47.4 Å². The molecule has 30 heavy (non-hydrogen) atoms. The number of nitrogens with zero attached hydrogens (tertiary/aromatic N) is 3. The third-order valence-electron chi connectivity index (χ3n) is 6.29. The van der Waals surface area contributed by atoms with Crippen LogP contribution >= 0.6 is 0 Å². The number of aliphatic hydroxyl groups excluding tert-OH is 1. The molecule has 2 unspecified atom stereocenters. The number of benzene rings is 2. The fraction of sp³-hybridized carbons (Fsp3) is 0.409. The van der Waals surface area contributed by atoms with Gasteiger partial charge in [-0.25, -0.2) is 12.7 Å². The van der Waals surface area contributed by atoms with Crippen molar-refractivity contribution < 1.29 is 35.0 Å². The highest BCUT2D eigenvalue weighted by Gasteiger charge is 2.52. The minimum absolute atomic E-state index is 0. The molecule has 3 rings (SSSR count). The lowest BCUT2D eigenvalue weighted by atomic mass is 10.0. The number of aryl methyl sites for hydroxylation is 1. The molecule has 8 heteroatoms. The monoisotopic (exact) mass is 493 g/mol. The maximum absolute atomic E-state index is 13.5. The summed E-state index contributed by atoms with van der Waals surface area (Å²) >= 11 is 0. The Morgan fingerprint density at radius 2 is 1.63 bits per heavy atom. The number of quaternary nitrogens is 1. The van der Waals surface area contributed by atoms with E-state index in [2.05, 4.69) is 6.07 Å². The predicted molar refractivity (Wildman–Crippen MR) is 113 cm³/mol. The number of likely N-dealkylation sites (N-methyl/N-ethyl adjacent to an activating group) is 1. The molecule has 0 saturated heterocycles. The first-order valence-electron chi connectivity index (χ1n) is 9.94. The number of hydrogen-bond donors (Lipinski definition) is 1. The summed E-state index contributed by atoms with van der Waals surface area (Å²) in [5, 5.41) is 20.7. The predicted octanol–water partition coefficient (Wildman–Crippen LogP) is 0.316. The van der Waals surface area contributed by atoms with E-state index in [4.69, 9.17) is 0 Å². The largest absolute Gasteiger partial charge is 1.00 e. The van der Waals surface area contributed by atoms with Crippen LogP contribution in [0.2, 0.25) is 0 Å². The lowest BCUT2D eigenvalue weighted by molar-refractivity contribution is -0.955. The minimum atomic E-state index is -3.97. The number of aliphatic hydroxyl groups is 1. The molecule has 2 aromatic rings. The molecule has 0 bridgehead atoms. The molecule has 2 atom stereocenters. The van der Waals surface area contributed by atoms with E-state index >= 15 is 0 Å². The molecule has 1 N–H and O–H groups in total. The van der Waals surface area contributed by atoms with Crippen LogP contribution in [0.1, 0.15) is 43.5 Å². The van der Waals surface area contributed by atoms with Crippen LogP contribution in [-0.4, -0.2) is 43.9 Å². The quantitative estimate of drug-likeness (QED) is 0.587. The molecule has 0 aromatic heterocycles. The zero-order chi connectivity index (χ0) is 21.4. The van der Waals surface area contributed by atoms with Gasteiger partial charge in [0.1, 0.15) is 0 Å². The molecule has 0 radical (unpaired) electrons. The highest BCUT2D eigenvalue weighted by molar-refractivity contribution is 7.92. The highest BCUT2D eigenvalue weighted by atomic mass is 79.9. The molecule has 1 aliphatic rings. The summed E-state index contributed by atoms with van der Waals surface area (Å²) in [7, 11) is -3.97. The van der Waals surface area contributed by atoms with Gasteiger partial charge in [-0.15, -0.1) is 0 Å². The Kier molecular flexibility index (Phi) is 7.36. The average Bonchev–Trinajstić information content (AvgIpc) is 3.02. The van der Waals surface area contributed by atoms with Crippen molar-refractivity contribution >= 4 is 15.7 Å². The first kappa shape index (κ1) is 24.4. The van der Waals surface area contributed by atoms with Gasteiger partial charge in [-0.3, -0.25) is 0 Å². The molecular formula is C22H28BrN3O3S. The number of nitriles is 1. The molecule has 0 amide bonds. The first-order valence-corrected chi connectivity index (χ1v) is 11.4. The number of hydrogen-bond acceptors (Lipinski definition) is 4. The number of rotatable bonds is 6. The van der Waals surface area contributed by atoms with Crippen molar-refractivity contribution in [3.63, 3.8) is 0 Å². The zero-order valence-corrected chi connectivity index (χ0v) is 20.1. The molecule has 1 aliphatic heterocycles. The van der Waals surface area contributed by atoms with Gasteiger partial charge < -0.3 is 26.6 Å². The Labute approximate surface area is 189 Å². The fourth-order valence-electron chi connectivity index (χ4n) is 4.43. The van der Waals surface area contributed by atoms with Crippen molar-refractivity contribution in [2.24, 2.45) is 0 Å². The van der Waals surface area contributed by atoms with Crippen molar-refractivity contribution in [2.45, 2.75) is 44.9 Å². The molecule has 0 spiro atoms. The van der Waals surface area contributed by atoms with Crippen LogP contribution in [0.25, 0.3) is 0 Å². The van der Waals surface area contributed by atoms with Crippen molar-refractivity contribution in [1.29, 1.82) is 5.26 Å². The molecule has 2 aromatic carbocycles. The Bertz CT molecular complexity index is 1040. The number of halogens is 1. The maximum Gasteiger partial charge on any atom is 0.266 e. The molecule has 162 valence electrons. The second kappa shape index (κ2) is 9.06. The van der Waals surface area contributed by atoms with Crippen molar-refractivity contribution in [3.05, 3.63) is 59.2 Å². The van der Waals surface area contributed by atoms with Gasteiger partial charge in [0.2, 0.25) is 0 Å². The maximum atomic E-state index is 13.5. The third kappa shape index (κ3) is 3.76. The molecule has 6 nitrogen and oxygen atoms in total. The summed E-state index contributed by atoms with van der Waals surface area (Å²) in [5.74, 6) is 0. The van der Waals surface area contributed by atoms with E-state index in [9.17, 15) is 18.8 Å². The zero-order valence-electron chi connectivity index (χ0n) is 17.7.